The van der Waals surface area contributed by atoms with Crippen LogP contribution in [0.2, 0.25) is 0 Å². The molecule has 0 aromatic carbocycles. The summed E-state index contributed by atoms with van der Waals surface area (Å²) in [4.78, 5) is 7.10. The quantitative estimate of drug-likeness (QED) is 0.550. The summed E-state index contributed by atoms with van der Waals surface area (Å²) in [5.74, 6) is 0.864. The SMILES string of the molecule is CCNC(=NCC(C)(C)CO)NC1CCN(c2cccs2)CC1. The van der Waals surface area contributed by atoms with Gasteiger partial charge in [-0.1, -0.05) is 13.8 Å². The highest BCUT2D eigenvalue weighted by molar-refractivity contribution is 7.14. The largest absolute Gasteiger partial charge is 0.396 e. The number of aliphatic imine (C=N–C) groups is 1. The van der Waals surface area contributed by atoms with E-state index >= 15 is 0 Å². The zero-order valence-corrected chi connectivity index (χ0v) is 15.3. The first-order valence-corrected chi connectivity index (χ1v) is 9.36. The van der Waals surface area contributed by atoms with Crippen LogP contribution in [0.3, 0.4) is 0 Å². The van der Waals surface area contributed by atoms with Crippen LogP contribution < -0.4 is 15.5 Å². The van der Waals surface area contributed by atoms with Crippen molar-refractivity contribution in [2.75, 3.05) is 37.7 Å². The minimum Gasteiger partial charge on any atom is -0.396 e. The van der Waals surface area contributed by atoms with Crippen LogP contribution in [-0.4, -0.2) is 49.9 Å². The molecule has 0 radical (unpaired) electrons. The maximum absolute atomic E-state index is 9.36. The topological polar surface area (TPSA) is 59.9 Å². The van der Waals surface area contributed by atoms with Gasteiger partial charge in [0.2, 0.25) is 0 Å². The molecule has 0 unspecified atom stereocenters. The van der Waals surface area contributed by atoms with Crippen molar-refractivity contribution < 1.29 is 5.11 Å². The smallest absolute Gasteiger partial charge is 0.191 e. The predicted molar refractivity (Wildman–Crippen MR) is 99.5 cm³/mol. The van der Waals surface area contributed by atoms with Gasteiger partial charge in [-0.15, -0.1) is 11.3 Å². The molecule has 0 aliphatic carbocycles. The monoisotopic (exact) mass is 338 g/mol. The molecule has 1 aromatic heterocycles. The van der Waals surface area contributed by atoms with Gasteiger partial charge in [-0.05, 0) is 37.3 Å². The summed E-state index contributed by atoms with van der Waals surface area (Å²) in [5.41, 5.74) is -0.176. The molecule has 6 heteroatoms. The number of hydrogen-bond donors (Lipinski definition) is 3. The second kappa shape index (κ2) is 8.55. The van der Waals surface area contributed by atoms with Gasteiger partial charge in [0.25, 0.3) is 0 Å². The lowest BCUT2D eigenvalue weighted by molar-refractivity contribution is 0.167. The lowest BCUT2D eigenvalue weighted by Crippen LogP contribution is -2.49. The van der Waals surface area contributed by atoms with Gasteiger partial charge in [0.15, 0.2) is 5.96 Å². The maximum Gasteiger partial charge on any atom is 0.191 e. The average molecular weight is 339 g/mol. The number of aliphatic hydroxyl groups is 1. The van der Waals surface area contributed by atoms with E-state index in [1.165, 1.54) is 5.00 Å². The summed E-state index contributed by atoms with van der Waals surface area (Å²) in [6, 6.07) is 4.77. The van der Waals surface area contributed by atoms with E-state index in [0.717, 1.165) is 38.4 Å². The molecule has 2 heterocycles. The Morgan fingerprint density at radius 3 is 2.74 bits per heavy atom. The van der Waals surface area contributed by atoms with Crippen molar-refractivity contribution in [1.82, 2.24) is 10.6 Å². The van der Waals surface area contributed by atoms with Crippen molar-refractivity contribution in [3.05, 3.63) is 17.5 Å². The van der Waals surface area contributed by atoms with Crippen molar-refractivity contribution in [2.24, 2.45) is 10.4 Å². The molecule has 1 aliphatic rings. The molecule has 3 N–H and O–H groups in total. The molecular formula is C17H30N4OS. The third kappa shape index (κ3) is 5.70. The molecule has 5 nitrogen and oxygen atoms in total. The van der Waals surface area contributed by atoms with Crippen molar-refractivity contribution in [3.63, 3.8) is 0 Å². The standard InChI is InChI=1S/C17H30N4OS/c1-4-18-16(19-12-17(2,3)13-22)20-14-7-9-21(10-8-14)15-6-5-11-23-15/h5-6,11,14,22H,4,7-10,12-13H2,1-3H3,(H2,18,19,20). The summed E-state index contributed by atoms with van der Waals surface area (Å²) in [6.07, 6.45) is 2.23. The highest BCUT2D eigenvalue weighted by atomic mass is 32.1. The number of aliphatic hydroxyl groups excluding tert-OH is 1. The Bertz CT molecular complexity index is 479. The van der Waals surface area contributed by atoms with E-state index in [1.54, 1.807) is 0 Å². The van der Waals surface area contributed by atoms with Gasteiger partial charge in [0, 0.05) is 37.7 Å². The summed E-state index contributed by atoms with van der Waals surface area (Å²) in [6.45, 7) is 9.91. The molecule has 1 aliphatic heterocycles. The van der Waals surface area contributed by atoms with E-state index < -0.39 is 0 Å². The molecule has 0 spiro atoms. The van der Waals surface area contributed by atoms with Crippen molar-refractivity contribution >= 4 is 22.3 Å². The van der Waals surface area contributed by atoms with Gasteiger partial charge in [0.1, 0.15) is 0 Å². The van der Waals surface area contributed by atoms with Gasteiger partial charge in [-0.3, -0.25) is 4.99 Å². The summed E-state index contributed by atoms with van der Waals surface area (Å²) in [5, 5.41) is 19.7. The maximum atomic E-state index is 9.36. The third-order valence-electron chi connectivity index (χ3n) is 4.09. The van der Waals surface area contributed by atoms with Crippen LogP contribution in [0.4, 0.5) is 5.00 Å². The fourth-order valence-corrected chi connectivity index (χ4v) is 3.34. The normalized spacial score (nSPS) is 17.4. The highest BCUT2D eigenvalue weighted by Crippen LogP contribution is 2.24. The van der Waals surface area contributed by atoms with Gasteiger partial charge >= 0.3 is 0 Å². The molecule has 0 saturated carbocycles. The number of hydrogen-bond acceptors (Lipinski definition) is 4. The van der Waals surface area contributed by atoms with Crippen LogP contribution in [0.1, 0.15) is 33.6 Å². The van der Waals surface area contributed by atoms with E-state index in [9.17, 15) is 5.11 Å². The summed E-state index contributed by atoms with van der Waals surface area (Å²) in [7, 11) is 0. The van der Waals surface area contributed by atoms with Gasteiger partial charge < -0.3 is 20.6 Å². The molecule has 1 fully saturated rings. The predicted octanol–water partition coefficient (Wildman–Crippen LogP) is 2.29. The number of nitrogens with one attached hydrogen (secondary N) is 2. The molecule has 0 atom stereocenters. The van der Waals surface area contributed by atoms with Crippen LogP contribution in [0.15, 0.2) is 22.5 Å². The Morgan fingerprint density at radius 2 is 2.17 bits per heavy atom. The van der Waals surface area contributed by atoms with E-state index in [-0.39, 0.29) is 12.0 Å². The fraction of sp³-hybridized carbons (Fsp3) is 0.706. The van der Waals surface area contributed by atoms with Crippen LogP contribution in [0.25, 0.3) is 0 Å². The first kappa shape index (κ1) is 18.1. The van der Waals surface area contributed by atoms with Crippen LogP contribution in [0, 0.1) is 5.41 Å². The Hall–Kier alpha value is -1.27. The van der Waals surface area contributed by atoms with Crippen LogP contribution in [-0.2, 0) is 0 Å². The molecule has 1 aromatic rings. The van der Waals surface area contributed by atoms with Gasteiger partial charge in [-0.25, -0.2) is 0 Å². The molecule has 0 amide bonds. The fourth-order valence-electron chi connectivity index (χ4n) is 2.55. The first-order chi connectivity index (χ1) is 11.0. The summed E-state index contributed by atoms with van der Waals surface area (Å²) >= 11 is 1.81. The lowest BCUT2D eigenvalue weighted by atomic mass is 9.95. The number of anilines is 1. The molecule has 2 rings (SSSR count). The number of piperidine rings is 1. The average Bonchev–Trinajstić information content (AvgIpc) is 3.08. The number of rotatable bonds is 6. The second-order valence-electron chi connectivity index (χ2n) is 6.87. The van der Waals surface area contributed by atoms with Crippen molar-refractivity contribution in [3.8, 4) is 0 Å². The van der Waals surface area contributed by atoms with Gasteiger partial charge in [-0.2, -0.15) is 0 Å². The number of guanidine groups is 1. The second-order valence-corrected chi connectivity index (χ2v) is 7.80. The van der Waals surface area contributed by atoms with E-state index in [4.69, 9.17) is 0 Å². The molecular weight excluding hydrogens is 308 g/mol. The number of thiophene rings is 1. The number of nitrogens with zero attached hydrogens (tertiary/aromatic N) is 2. The first-order valence-electron chi connectivity index (χ1n) is 8.48. The highest BCUT2D eigenvalue weighted by Gasteiger charge is 2.21. The minimum atomic E-state index is -0.176. The van der Waals surface area contributed by atoms with Crippen LogP contribution in [0.5, 0.6) is 0 Å². The minimum absolute atomic E-state index is 0.148. The molecule has 1 saturated heterocycles. The Labute approximate surface area is 143 Å². The third-order valence-corrected chi connectivity index (χ3v) is 5.02. The summed E-state index contributed by atoms with van der Waals surface area (Å²) < 4.78 is 0. The van der Waals surface area contributed by atoms with E-state index in [1.807, 2.05) is 25.2 Å². The molecule has 23 heavy (non-hydrogen) atoms. The Morgan fingerprint density at radius 1 is 1.43 bits per heavy atom. The Balaban J connectivity index is 1.85. The van der Waals surface area contributed by atoms with Gasteiger partial charge in [0.05, 0.1) is 11.5 Å². The lowest BCUT2D eigenvalue weighted by Gasteiger charge is -2.33. The Kier molecular flexibility index (Phi) is 6.72. The van der Waals surface area contributed by atoms with E-state index in [2.05, 4.69) is 45.0 Å². The molecule has 0 bridgehead atoms. The zero-order chi connectivity index (χ0) is 16.7. The van der Waals surface area contributed by atoms with Crippen LogP contribution >= 0.6 is 11.3 Å². The zero-order valence-electron chi connectivity index (χ0n) is 14.5. The van der Waals surface area contributed by atoms with Crippen molar-refractivity contribution in [1.29, 1.82) is 0 Å². The van der Waals surface area contributed by atoms with E-state index in [0.29, 0.717) is 12.6 Å². The van der Waals surface area contributed by atoms with Crippen molar-refractivity contribution in [2.45, 2.75) is 39.7 Å². The molecule has 130 valence electrons.